The summed E-state index contributed by atoms with van der Waals surface area (Å²) >= 11 is 0. The van der Waals surface area contributed by atoms with E-state index in [1.807, 2.05) is 13.8 Å². The average Bonchev–Trinajstić information content (AvgIpc) is 2.86. The van der Waals surface area contributed by atoms with Gasteiger partial charge in [-0.1, -0.05) is 13.8 Å². The Morgan fingerprint density at radius 2 is 1.77 bits per heavy atom. The van der Waals surface area contributed by atoms with Crippen LogP contribution in [0.3, 0.4) is 0 Å². The number of fused-ring (bicyclic) bond motifs is 5. The van der Waals surface area contributed by atoms with Crippen molar-refractivity contribution in [2.24, 2.45) is 34.5 Å². The monoisotopic (exact) mass is 372 g/mol. The number of alkyl halides is 4. The van der Waals surface area contributed by atoms with Gasteiger partial charge in [-0.05, 0) is 73.7 Å². The zero-order valence-electron chi connectivity index (χ0n) is 15.8. The number of carbonyl (C=O) groups is 1. The zero-order chi connectivity index (χ0) is 19.1. The third-order valence-electron chi connectivity index (χ3n) is 8.56. The largest absolute Gasteiger partial charge is 0.295 e. The van der Waals surface area contributed by atoms with Gasteiger partial charge in [0.1, 0.15) is 0 Å². The van der Waals surface area contributed by atoms with Crippen LogP contribution in [0.25, 0.3) is 0 Å². The Labute approximate surface area is 152 Å². The second kappa shape index (κ2) is 5.35. The van der Waals surface area contributed by atoms with Gasteiger partial charge in [0.2, 0.25) is 5.92 Å². The number of hydrogen-bond donors (Lipinski definition) is 0. The van der Waals surface area contributed by atoms with Crippen molar-refractivity contribution >= 4 is 5.78 Å². The molecule has 4 rings (SSSR count). The molecule has 0 bridgehead atoms. The Morgan fingerprint density at radius 3 is 2.42 bits per heavy atom. The van der Waals surface area contributed by atoms with E-state index in [-0.39, 0.29) is 35.5 Å². The van der Waals surface area contributed by atoms with Crippen LogP contribution in [0.5, 0.6) is 0 Å². The van der Waals surface area contributed by atoms with Gasteiger partial charge in [0, 0.05) is 24.3 Å². The van der Waals surface area contributed by atoms with E-state index in [1.165, 1.54) is 6.08 Å². The number of hydrogen-bond acceptors (Lipinski definition) is 1. The first-order valence-corrected chi connectivity index (χ1v) is 9.91. The van der Waals surface area contributed by atoms with E-state index in [4.69, 9.17) is 0 Å². The van der Waals surface area contributed by atoms with Crippen LogP contribution < -0.4 is 0 Å². The fraction of sp³-hybridized carbons (Fsp3) is 0.857. The van der Waals surface area contributed by atoms with Crippen molar-refractivity contribution in [3.63, 3.8) is 0 Å². The Balaban J connectivity index is 1.74. The molecule has 5 heteroatoms. The first-order chi connectivity index (χ1) is 11.9. The second-order valence-corrected chi connectivity index (χ2v) is 9.86. The highest BCUT2D eigenvalue weighted by molar-refractivity contribution is 5.92. The first kappa shape index (κ1) is 18.5. The first-order valence-electron chi connectivity index (χ1n) is 9.91. The highest BCUT2D eigenvalue weighted by Gasteiger charge is 2.66. The summed E-state index contributed by atoms with van der Waals surface area (Å²) in [6.07, 6.45) is 4.13. The van der Waals surface area contributed by atoms with Crippen molar-refractivity contribution in [1.29, 1.82) is 0 Å². The van der Waals surface area contributed by atoms with E-state index in [9.17, 15) is 13.6 Å². The lowest BCUT2D eigenvalue weighted by atomic mass is 9.46. The number of halogens is 4. The van der Waals surface area contributed by atoms with E-state index >= 15 is 8.78 Å². The molecule has 6 atom stereocenters. The van der Waals surface area contributed by atoms with Crippen LogP contribution in [-0.2, 0) is 4.79 Å². The Bertz CT molecular complexity index is 663. The van der Waals surface area contributed by atoms with Gasteiger partial charge in [0.25, 0.3) is 5.92 Å². The highest BCUT2D eigenvalue weighted by Crippen LogP contribution is 2.70. The van der Waals surface area contributed by atoms with Crippen molar-refractivity contribution in [2.75, 3.05) is 0 Å². The summed E-state index contributed by atoms with van der Waals surface area (Å²) < 4.78 is 58.6. The minimum absolute atomic E-state index is 0.0153. The van der Waals surface area contributed by atoms with Gasteiger partial charge < -0.3 is 0 Å². The number of rotatable bonds is 1. The molecule has 146 valence electrons. The van der Waals surface area contributed by atoms with Crippen LogP contribution in [0, 0.1) is 34.5 Å². The molecule has 0 spiro atoms. The lowest BCUT2D eigenvalue weighted by Gasteiger charge is -2.59. The van der Waals surface area contributed by atoms with Gasteiger partial charge in [-0.15, -0.1) is 0 Å². The predicted molar refractivity (Wildman–Crippen MR) is 91.2 cm³/mol. The molecule has 3 fully saturated rings. The fourth-order valence-corrected chi connectivity index (χ4v) is 7.43. The maximum atomic E-state index is 15.1. The minimum Gasteiger partial charge on any atom is -0.295 e. The quantitative estimate of drug-likeness (QED) is 0.513. The number of ketones is 1. The molecule has 3 saturated carbocycles. The molecule has 0 N–H and O–H groups in total. The van der Waals surface area contributed by atoms with Crippen LogP contribution >= 0.6 is 0 Å². The molecular weight excluding hydrogens is 344 g/mol. The fourth-order valence-electron chi connectivity index (χ4n) is 7.43. The molecule has 0 unspecified atom stereocenters. The lowest BCUT2D eigenvalue weighted by molar-refractivity contribution is -0.154. The molecule has 0 saturated heterocycles. The van der Waals surface area contributed by atoms with Gasteiger partial charge in [-0.3, -0.25) is 4.79 Å². The van der Waals surface area contributed by atoms with Crippen LogP contribution in [0.1, 0.15) is 65.7 Å². The smallest absolute Gasteiger partial charge is 0.270 e. The summed E-state index contributed by atoms with van der Waals surface area (Å²) in [7, 11) is 0. The van der Waals surface area contributed by atoms with Crippen LogP contribution in [-0.4, -0.2) is 17.6 Å². The van der Waals surface area contributed by atoms with Crippen molar-refractivity contribution in [3.05, 3.63) is 11.6 Å². The van der Waals surface area contributed by atoms with E-state index in [2.05, 4.69) is 0 Å². The molecule has 0 aliphatic heterocycles. The standard InChI is InChI=1S/C21H28F4O/c1-18-9-7-15-13(14(18)4-5-16(18)20(3,22)23)11-21(24,25)17-10-12(26)6-8-19(15,17)2/h10,13-16H,4-9,11H2,1-3H3/t13-,14-,15-,16-,18-,19+/m0/s1. The van der Waals surface area contributed by atoms with Crippen LogP contribution in [0.4, 0.5) is 17.6 Å². The zero-order valence-corrected chi connectivity index (χ0v) is 15.8. The third kappa shape index (κ3) is 2.37. The van der Waals surface area contributed by atoms with E-state index < -0.39 is 28.6 Å². The minimum atomic E-state index is -3.00. The number of allylic oxidation sites excluding steroid dienone is 1. The Hall–Kier alpha value is -0.870. The van der Waals surface area contributed by atoms with Crippen molar-refractivity contribution in [2.45, 2.75) is 77.6 Å². The molecule has 0 aromatic heterocycles. The summed E-state index contributed by atoms with van der Waals surface area (Å²) in [5.41, 5.74) is -1.21. The lowest BCUT2D eigenvalue weighted by Crippen LogP contribution is -2.56. The van der Waals surface area contributed by atoms with Crippen molar-refractivity contribution < 1.29 is 22.4 Å². The molecule has 26 heavy (non-hydrogen) atoms. The van der Waals surface area contributed by atoms with E-state index in [0.29, 0.717) is 38.5 Å². The second-order valence-electron chi connectivity index (χ2n) is 9.86. The average molecular weight is 372 g/mol. The summed E-state index contributed by atoms with van der Waals surface area (Å²) in [5, 5.41) is 0. The Morgan fingerprint density at radius 1 is 1.08 bits per heavy atom. The molecule has 4 aliphatic rings. The molecule has 0 radical (unpaired) electrons. The topological polar surface area (TPSA) is 17.1 Å². The SMILES string of the molecule is CC(F)(F)[C@H]1CC[C@H]2[C@@H]3CC(F)(F)C4=CC(=O)CC[C@]4(C)[C@H]3CC[C@]12C. The third-order valence-corrected chi connectivity index (χ3v) is 8.56. The van der Waals surface area contributed by atoms with Crippen molar-refractivity contribution in [3.8, 4) is 0 Å². The van der Waals surface area contributed by atoms with Gasteiger partial charge in [0.15, 0.2) is 5.78 Å². The molecular formula is C21H28F4O. The maximum absolute atomic E-state index is 15.1. The molecule has 0 heterocycles. The van der Waals surface area contributed by atoms with Crippen LogP contribution in [0.15, 0.2) is 11.6 Å². The Kier molecular flexibility index (Phi) is 3.80. The highest BCUT2D eigenvalue weighted by atomic mass is 19.3. The maximum Gasteiger partial charge on any atom is 0.270 e. The normalized spacial score (nSPS) is 47.7. The van der Waals surface area contributed by atoms with Gasteiger partial charge in [-0.25, -0.2) is 17.6 Å². The summed E-state index contributed by atoms with van der Waals surface area (Å²) in [6.45, 7) is 4.79. The molecule has 4 aliphatic carbocycles. The summed E-state index contributed by atoms with van der Waals surface area (Å²) in [6, 6.07) is 0. The van der Waals surface area contributed by atoms with Crippen molar-refractivity contribution in [1.82, 2.24) is 0 Å². The number of carbonyl (C=O) groups excluding carboxylic acids is 1. The van der Waals surface area contributed by atoms with E-state index in [0.717, 1.165) is 6.92 Å². The molecule has 0 aromatic rings. The van der Waals surface area contributed by atoms with Gasteiger partial charge in [-0.2, -0.15) is 0 Å². The van der Waals surface area contributed by atoms with Gasteiger partial charge >= 0.3 is 0 Å². The molecule has 0 amide bonds. The van der Waals surface area contributed by atoms with Gasteiger partial charge in [0.05, 0.1) is 0 Å². The molecule has 0 aromatic carbocycles. The predicted octanol–water partition coefficient (Wildman–Crippen LogP) is 6.03. The summed E-state index contributed by atoms with van der Waals surface area (Å²) in [5.74, 6) is -6.92. The van der Waals surface area contributed by atoms with Crippen LogP contribution in [0.2, 0.25) is 0 Å². The van der Waals surface area contributed by atoms with E-state index in [1.54, 1.807) is 0 Å². The summed E-state index contributed by atoms with van der Waals surface area (Å²) in [4.78, 5) is 11.8. The molecule has 1 nitrogen and oxygen atoms in total.